The first-order valence-electron chi connectivity index (χ1n) is 8.99. The SMILES string of the molecule is CC(C)CC1CC(C(=O)NCCc2ccc(-n3cccn3)cc2)NN1. The summed E-state index contributed by atoms with van der Waals surface area (Å²) in [5.74, 6) is 0.706. The molecule has 6 heteroatoms. The molecule has 3 N–H and O–H groups in total. The third kappa shape index (κ3) is 4.90. The maximum absolute atomic E-state index is 12.3. The fraction of sp³-hybridized carbons (Fsp3) is 0.474. The van der Waals surface area contributed by atoms with Crippen molar-refractivity contribution in [3.63, 3.8) is 0 Å². The average Bonchev–Trinajstić information content (AvgIpc) is 3.26. The molecule has 2 atom stereocenters. The lowest BCUT2D eigenvalue weighted by molar-refractivity contribution is -0.122. The van der Waals surface area contributed by atoms with E-state index in [-0.39, 0.29) is 11.9 Å². The second-order valence-electron chi connectivity index (χ2n) is 7.06. The number of amides is 1. The van der Waals surface area contributed by atoms with Crippen molar-refractivity contribution in [3.05, 3.63) is 48.3 Å². The van der Waals surface area contributed by atoms with E-state index in [4.69, 9.17) is 0 Å². The highest BCUT2D eigenvalue weighted by molar-refractivity contribution is 5.82. The minimum Gasteiger partial charge on any atom is -0.354 e. The lowest BCUT2D eigenvalue weighted by atomic mass is 10.00. The van der Waals surface area contributed by atoms with Gasteiger partial charge in [-0.2, -0.15) is 5.10 Å². The zero-order valence-corrected chi connectivity index (χ0v) is 14.9. The summed E-state index contributed by atoms with van der Waals surface area (Å²) in [5.41, 5.74) is 8.58. The zero-order valence-electron chi connectivity index (χ0n) is 14.9. The van der Waals surface area contributed by atoms with Gasteiger partial charge in [0, 0.05) is 25.0 Å². The van der Waals surface area contributed by atoms with E-state index in [9.17, 15) is 4.79 Å². The fourth-order valence-corrected chi connectivity index (χ4v) is 3.21. The van der Waals surface area contributed by atoms with Gasteiger partial charge in [-0.3, -0.25) is 10.2 Å². The van der Waals surface area contributed by atoms with Crippen molar-refractivity contribution in [3.8, 4) is 5.69 Å². The number of carbonyl (C=O) groups excluding carboxylic acids is 1. The molecule has 2 heterocycles. The van der Waals surface area contributed by atoms with Crippen molar-refractivity contribution in [2.24, 2.45) is 5.92 Å². The monoisotopic (exact) mass is 341 g/mol. The standard InChI is InChI=1S/C19H27N5O/c1-14(2)12-16-13-18(23-22-16)19(25)20-10-8-15-4-6-17(7-5-15)24-11-3-9-21-24/h3-7,9,11,14,16,18,22-23H,8,10,12-13H2,1-2H3,(H,20,25). The molecular weight excluding hydrogens is 314 g/mol. The van der Waals surface area contributed by atoms with Crippen LogP contribution in [-0.4, -0.2) is 34.3 Å². The van der Waals surface area contributed by atoms with Crippen LogP contribution in [0.3, 0.4) is 0 Å². The van der Waals surface area contributed by atoms with Gasteiger partial charge in [0.1, 0.15) is 6.04 Å². The van der Waals surface area contributed by atoms with Crippen molar-refractivity contribution in [1.29, 1.82) is 0 Å². The van der Waals surface area contributed by atoms with Gasteiger partial charge in [0.2, 0.25) is 5.91 Å². The number of nitrogens with zero attached hydrogens (tertiary/aromatic N) is 2. The molecule has 1 saturated heterocycles. The molecule has 2 unspecified atom stereocenters. The third-order valence-corrected chi connectivity index (χ3v) is 4.47. The Morgan fingerprint density at radius 3 is 2.80 bits per heavy atom. The van der Waals surface area contributed by atoms with E-state index >= 15 is 0 Å². The molecule has 1 aliphatic rings. The van der Waals surface area contributed by atoms with Gasteiger partial charge < -0.3 is 5.32 Å². The molecule has 3 rings (SSSR count). The molecule has 1 fully saturated rings. The van der Waals surface area contributed by atoms with Crippen molar-refractivity contribution < 1.29 is 4.79 Å². The van der Waals surface area contributed by atoms with Crippen LogP contribution < -0.4 is 16.2 Å². The Hall–Kier alpha value is -2.18. The lowest BCUT2D eigenvalue weighted by Crippen LogP contribution is -2.44. The van der Waals surface area contributed by atoms with Crippen LogP contribution in [0, 0.1) is 5.92 Å². The Labute approximate surface area is 149 Å². The first kappa shape index (κ1) is 17.6. The Bertz CT molecular complexity index is 666. The van der Waals surface area contributed by atoms with Crippen LogP contribution in [0.2, 0.25) is 0 Å². The van der Waals surface area contributed by atoms with E-state index in [0.29, 0.717) is 18.5 Å². The van der Waals surface area contributed by atoms with Gasteiger partial charge in [-0.25, -0.2) is 10.1 Å². The maximum atomic E-state index is 12.3. The number of carbonyl (C=O) groups is 1. The molecule has 1 amide bonds. The van der Waals surface area contributed by atoms with Gasteiger partial charge in [0.25, 0.3) is 0 Å². The van der Waals surface area contributed by atoms with Crippen LogP contribution in [-0.2, 0) is 11.2 Å². The number of nitrogens with one attached hydrogen (secondary N) is 3. The summed E-state index contributed by atoms with van der Waals surface area (Å²) in [4.78, 5) is 12.3. The second-order valence-corrected chi connectivity index (χ2v) is 7.06. The largest absolute Gasteiger partial charge is 0.354 e. The second kappa shape index (κ2) is 8.27. The van der Waals surface area contributed by atoms with E-state index in [2.05, 4.69) is 47.2 Å². The van der Waals surface area contributed by atoms with Crippen LogP contribution in [0.1, 0.15) is 32.3 Å². The molecule has 25 heavy (non-hydrogen) atoms. The van der Waals surface area contributed by atoms with Crippen LogP contribution >= 0.6 is 0 Å². The molecule has 1 aliphatic heterocycles. The summed E-state index contributed by atoms with van der Waals surface area (Å²) >= 11 is 0. The van der Waals surface area contributed by atoms with Crippen molar-refractivity contribution in [2.75, 3.05) is 6.54 Å². The molecule has 1 aromatic carbocycles. The number of hydrogen-bond acceptors (Lipinski definition) is 4. The first-order chi connectivity index (χ1) is 12.1. The van der Waals surface area contributed by atoms with Gasteiger partial charge in [0.15, 0.2) is 0 Å². The van der Waals surface area contributed by atoms with Gasteiger partial charge in [-0.1, -0.05) is 26.0 Å². The molecule has 0 aliphatic carbocycles. The highest BCUT2D eigenvalue weighted by Gasteiger charge is 2.29. The van der Waals surface area contributed by atoms with Crippen molar-refractivity contribution in [2.45, 2.75) is 45.2 Å². The highest BCUT2D eigenvalue weighted by atomic mass is 16.2. The molecular formula is C19H27N5O. The van der Waals surface area contributed by atoms with Crippen LogP contribution in [0.5, 0.6) is 0 Å². The number of aromatic nitrogens is 2. The summed E-state index contributed by atoms with van der Waals surface area (Å²) in [7, 11) is 0. The number of hydrogen-bond donors (Lipinski definition) is 3. The topological polar surface area (TPSA) is 71.0 Å². The maximum Gasteiger partial charge on any atom is 0.238 e. The van der Waals surface area contributed by atoms with Crippen LogP contribution in [0.4, 0.5) is 0 Å². The molecule has 6 nitrogen and oxygen atoms in total. The summed E-state index contributed by atoms with van der Waals surface area (Å²) < 4.78 is 1.83. The Balaban J connectivity index is 1.41. The van der Waals surface area contributed by atoms with Gasteiger partial charge in [0.05, 0.1) is 5.69 Å². The highest BCUT2D eigenvalue weighted by Crippen LogP contribution is 2.14. The van der Waals surface area contributed by atoms with Gasteiger partial charge in [-0.15, -0.1) is 0 Å². The summed E-state index contributed by atoms with van der Waals surface area (Å²) in [6, 6.07) is 10.4. The minimum atomic E-state index is -0.133. The van der Waals surface area contributed by atoms with E-state index < -0.39 is 0 Å². The summed E-state index contributed by atoms with van der Waals surface area (Å²) in [6.45, 7) is 5.05. The van der Waals surface area contributed by atoms with E-state index in [1.165, 1.54) is 5.56 Å². The third-order valence-electron chi connectivity index (χ3n) is 4.47. The molecule has 1 aromatic heterocycles. The quantitative estimate of drug-likeness (QED) is 0.718. The fourth-order valence-electron chi connectivity index (χ4n) is 3.21. The molecule has 0 spiro atoms. The predicted molar refractivity (Wildman–Crippen MR) is 98.2 cm³/mol. The van der Waals surface area contributed by atoms with Crippen molar-refractivity contribution >= 4 is 5.91 Å². The summed E-state index contributed by atoms with van der Waals surface area (Å²) in [5, 5.41) is 7.25. The van der Waals surface area contributed by atoms with Crippen LogP contribution in [0.25, 0.3) is 5.69 Å². The van der Waals surface area contributed by atoms with Crippen molar-refractivity contribution in [1.82, 2.24) is 25.9 Å². The number of hydrazine groups is 1. The molecule has 2 aromatic rings. The average molecular weight is 341 g/mol. The Morgan fingerprint density at radius 2 is 2.12 bits per heavy atom. The molecule has 0 saturated carbocycles. The number of rotatable bonds is 7. The molecule has 134 valence electrons. The first-order valence-corrected chi connectivity index (χ1v) is 8.99. The van der Waals surface area contributed by atoms with E-state index in [1.807, 2.05) is 29.1 Å². The molecule has 0 radical (unpaired) electrons. The van der Waals surface area contributed by atoms with E-state index in [1.54, 1.807) is 6.20 Å². The van der Waals surface area contributed by atoms with Crippen LogP contribution in [0.15, 0.2) is 42.7 Å². The Morgan fingerprint density at radius 1 is 1.32 bits per heavy atom. The normalized spacial score (nSPS) is 20.1. The number of benzene rings is 1. The molecule has 0 bridgehead atoms. The summed E-state index contributed by atoms with van der Waals surface area (Å²) in [6.07, 6.45) is 6.44. The lowest BCUT2D eigenvalue weighted by Gasteiger charge is -2.12. The Kier molecular flexibility index (Phi) is 5.83. The zero-order chi connectivity index (χ0) is 17.6. The predicted octanol–water partition coefficient (Wildman–Crippen LogP) is 1.81. The smallest absolute Gasteiger partial charge is 0.238 e. The minimum absolute atomic E-state index is 0.0758. The van der Waals surface area contributed by atoms with Gasteiger partial charge >= 0.3 is 0 Å². The van der Waals surface area contributed by atoms with E-state index in [0.717, 1.165) is 24.9 Å². The van der Waals surface area contributed by atoms with Gasteiger partial charge in [-0.05, 0) is 48.9 Å².